The molecule has 0 radical (unpaired) electrons. The third-order valence-corrected chi connectivity index (χ3v) is 4.47. The summed E-state index contributed by atoms with van der Waals surface area (Å²) in [5.74, 6) is 1.36. The Morgan fingerprint density at radius 1 is 1.10 bits per heavy atom. The highest BCUT2D eigenvalue weighted by Gasteiger charge is 2.36. The zero-order chi connectivity index (χ0) is 14.6. The summed E-state index contributed by atoms with van der Waals surface area (Å²) in [7, 11) is 0. The van der Waals surface area contributed by atoms with E-state index in [1.807, 2.05) is 0 Å². The smallest absolute Gasteiger partial charge is 0.168 e. The van der Waals surface area contributed by atoms with Gasteiger partial charge in [0.25, 0.3) is 0 Å². The summed E-state index contributed by atoms with van der Waals surface area (Å²) in [6, 6.07) is 10.9. The number of nitriles is 2. The Bertz CT molecular complexity index is 514. The summed E-state index contributed by atoms with van der Waals surface area (Å²) in [6.45, 7) is 2.26. The van der Waals surface area contributed by atoms with E-state index in [9.17, 15) is 15.6 Å². The van der Waals surface area contributed by atoms with Gasteiger partial charge in [0.15, 0.2) is 5.41 Å². The maximum absolute atomic E-state index is 9.55. The second kappa shape index (κ2) is 5.97. The van der Waals surface area contributed by atoms with Crippen molar-refractivity contribution in [2.24, 2.45) is 11.8 Å². The molecule has 1 aromatic rings. The molecular formula is C17H20N2O. The van der Waals surface area contributed by atoms with Crippen LogP contribution in [0, 0.1) is 34.5 Å². The molecule has 1 fully saturated rings. The third kappa shape index (κ3) is 2.94. The van der Waals surface area contributed by atoms with E-state index in [2.05, 4.69) is 19.1 Å². The standard InChI is InChI=1S/C17H20N2O/c1-13-2-4-14(5-3-13)10-17(11-18,12-19)15-6-8-16(20)9-7-15/h6-9,13-14,20H,2-5,10H2,1H3. The number of phenolic OH excluding ortho intramolecular Hbond substituents is 1. The van der Waals surface area contributed by atoms with Gasteiger partial charge in [-0.15, -0.1) is 0 Å². The lowest BCUT2D eigenvalue weighted by Gasteiger charge is -2.30. The van der Waals surface area contributed by atoms with Gasteiger partial charge in [-0.05, 0) is 36.0 Å². The molecule has 20 heavy (non-hydrogen) atoms. The summed E-state index contributed by atoms with van der Waals surface area (Å²) in [5.41, 5.74) is -0.391. The van der Waals surface area contributed by atoms with Crippen LogP contribution >= 0.6 is 0 Å². The van der Waals surface area contributed by atoms with Crippen LogP contribution in [0.15, 0.2) is 24.3 Å². The Morgan fingerprint density at radius 3 is 2.15 bits per heavy atom. The van der Waals surface area contributed by atoms with Crippen LogP contribution in [0.3, 0.4) is 0 Å². The molecule has 0 bridgehead atoms. The van der Waals surface area contributed by atoms with Crippen LogP contribution in [-0.4, -0.2) is 5.11 Å². The van der Waals surface area contributed by atoms with Crippen molar-refractivity contribution >= 4 is 0 Å². The van der Waals surface area contributed by atoms with Gasteiger partial charge >= 0.3 is 0 Å². The average Bonchev–Trinajstić information content (AvgIpc) is 2.48. The lowest BCUT2D eigenvalue weighted by Crippen LogP contribution is -2.27. The predicted octanol–water partition coefficient (Wildman–Crippen LogP) is 3.89. The van der Waals surface area contributed by atoms with Crippen LogP contribution < -0.4 is 0 Å². The van der Waals surface area contributed by atoms with Crippen molar-refractivity contribution in [3.8, 4) is 17.9 Å². The second-order valence-corrected chi connectivity index (χ2v) is 6.01. The van der Waals surface area contributed by atoms with Crippen LogP contribution in [0.5, 0.6) is 5.75 Å². The number of aromatic hydroxyl groups is 1. The minimum absolute atomic E-state index is 0.157. The topological polar surface area (TPSA) is 67.8 Å². The van der Waals surface area contributed by atoms with E-state index in [0.717, 1.165) is 18.8 Å². The third-order valence-electron chi connectivity index (χ3n) is 4.47. The zero-order valence-corrected chi connectivity index (χ0v) is 11.8. The van der Waals surface area contributed by atoms with Crippen molar-refractivity contribution in [2.75, 3.05) is 0 Å². The van der Waals surface area contributed by atoms with Crippen LogP contribution in [0.25, 0.3) is 0 Å². The fourth-order valence-corrected chi connectivity index (χ4v) is 3.08. The van der Waals surface area contributed by atoms with E-state index >= 15 is 0 Å². The number of rotatable bonds is 3. The fourth-order valence-electron chi connectivity index (χ4n) is 3.08. The monoisotopic (exact) mass is 268 g/mol. The van der Waals surface area contributed by atoms with Gasteiger partial charge in [-0.2, -0.15) is 10.5 Å². The van der Waals surface area contributed by atoms with Crippen molar-refractivity contribution in [3.05, 3.63) is 29.8 Å². The number of hydrogen-bond acceptors (Lipinski definition) is 3. The SMILES string of the molecule is CC1CCC(CC(C#N)(C#N)c2ccc(O)cc2)CC1. The molecule has 2 rings (SSSR count). The first-order valence-electron chi connectivity index (χ1n) is 7.21. The van der Waals surface area contributed by atoms with Crippen LogP contribution in [-0.2, 0) is 5.41 Å². The number of benzene rings is 1. The first-order chi connectivity index (χ1) is 9.59. The van der Waals surface area contributed by atoms with Gasteiger partial charge < -0.3 is 5.11 Å². The maximum Gasteiger partial charge on any atom is 0.168 e. The average molecular weight is 268 g/mol. The number of nitrogens with zero attached hydrogens (tertiary/aromatic N) is 2. The van der Waals surface area contributed by atoms with E-state index in [-0.39, 0.29) is 5.75 Å². The quantitative estimate of drug-likeness (QED) is 0.904. The summed E-state index contributed by atoms with van der Waals surface area (Å²) in [5, 5.41) is 28.4. The normalized spacial score (nSPS) is 22.8. The highest BCUT2D eigenvalue weighted by atomic mass is 16.3. The zero-order valence-electron chi connectivity index (χ0n) is 11.8. The summed E-state index contributed by atoms with van der Waals surface area (Å²) >= 11 is 0. The molecule has 0 unspecified atom stereocenters. The van der Waals surface area contributed by atoms with E-state index in [0.29, 0.717) is 17.9 Å². The van der Waals surface area contributed by atoms with Crippen molar-refractivity contribution < 1.29 is 5.11 Å². The highest BCUT2D eigenvalue weighted by molar-refractivity contribution is 5.42. The van der Waals surface area contributed by atoms with Crippen LogP contribution in [0.2, 0.25) is 0 Å². The van der Waals surface area contributed by atoms with Gasteiger partial charge in [0.2, 0.25) is 0 Å². The lowest BCUT2D eigenvalue weighted by atomic mass is 9.71. The van der Waals surface area contributed by atoms with Crippen molar-refractivity contribution in [3.63, 3.8) is 0 Å². The van der Waals surface area contributed by atoms with Gasteiger partial charge in [-0.25, -0.2) is 0 Å². The molecule has 1 saturated carbocycles. The molecule has 0 heterocycles. The molecule has 0 saturated heterocycles. The van der Waals surface area contributed by atoms with Gasteiger partial charge in [-0.3, -0.25) is 0 Å². The molecule has 0 spiro atoms. The highest BCUT2D eigenvalue weighted by Crippen LogP contribution is 2.38. The molecule has 0 atom stereocenters. The summed E-state index contributed by atoms with van der Waals surface area (Å²) in [6.07, 6.45) is 5.17. The first-order valence-corrected chi connectivity index (χ1v) is 7.21. The first kappa shape index (κ1) is 14.4. The van der Waals surface area contributed by atoms with E-state index in [4.69, 9.17) is 0 Å². The summed E-state index contributed by atoms with van der Waals surface area (Å²) in [4.78, 5) is 0. The number of hydrogen-bond donors (Lipinski definition) is 1. The molecule has 0 aromatic heterocycles. The predicted molar refractivity (Wildman–Crippen MR) is 76.7 cm³/mol. The minimum atomic E-state index is -1.08. The Morgan fingerprint density at radius 2 is 1.65 bits per heavy atom. The Labute approximate surface area is 120 Å². The molecule has 0 aliphatic heterocycles. The molecule has 3 heteroatoms. The maximum atomic E-state index is 9.55. The van der Waals surface area contributed by atoms with Crippen molar-refractivity contribution in [1.29, 1.82) is 10.5 Å². The molecule has 0 amide bonds. The second-order valence-electron chi connectivity index (χ2n) is 6.01. The molecule has 104 valence electrons. The largest absolute Gasteiger partial charge is 0.508 e. The van der Waals surface area contributed by atoms with E-state index < -0.39 is 5.41 Å². The van der Waals surface area contributed by atoms with Crippen molar-refractivity contribution in [2.45, 2.75) is 44.4 Å². The van der Waals surface area contributed by atoms with Gasteiger partial charge in [0, 0.05) is 0 Å². The molecule has 1 aliphatic rings. The summed E-state index contributed by atoms with van der Waals surface area (Å²) < 4.78 is 0. The minimum Gasteiger partial charge on any atom is -0.508 e. The Hall–Kier alpha value is -2.00. The van der Waals surface area contributed by atoms with Gasteiger partial charge in [0.1, 0.15) is 5.75 Å². The molecule has 1 aliphatic carbocycles. The Kier molecular flexibility index (Phi) is 4.30. The Balaban J connectivity index is 2.20. The molecule has 1 aromatic carbocycles. The molecule has 3 nitrogen and oxygen atoms in total. The van der Waals surface area contributed by atoms with Gasteiger partial charge in [-0.1, -0.05) is 44.7 Å². The molecule has 1 N–H and O–H groups in total. The van der Waals surface area contributed by atoms with Crippen LogP contribution in [0.4, 0.5) is 0 Å². The van der Waals surface area contributed by atoms with E-state index in [1.54, 1.807) is 24.3 Å². The number of phenols is 1. The fraction of sp³-hybridized carbons (Fsp3) is 0.529. The van der Waals surface area contributed by atoms with Gasteiger partial charge in [0.05, 0.1) is 12.1 Å². The molecular weight excluding hydrogens is 248 g/mol. The van der Waals surface area contributed by atoms with E-state index in [1.165, 1.54) is 12.8 Å². The lowest BCUT2D eigenvalue weighted by molar-refractivity contribution is 0.261. The van der Waals surface area contributed by atoms with Crippen LogP contribution in [0.1, 0.15) is 44.6 Å². The van der Waals surface area contributed by atoms with Crippen molar-refractivity contribution in [1.82, 2.24) is 0 Å².